The van der Waals surface area contributed by atoms with Crippen LogP contribution in [0.25, 0.3) is 10.6 Å². The lowest BCUT2D eigenvalue weighted by atomic mass is 10.0. The van der Waals surface area contributed by atoms with E-state index in [1.165, 1.54) is 25.4 Å². The lowest BCUT2D eigenvalue weighted by Crippen LogP contribution is -2.55. The molecule has 0 bridgehead atoms. The van der Waals surface area contributed by atoms with Crippen molar-refractivity contribution in [1.29, 1.82) is 0 Å². The maximum Gasteiger partial charge on any atom is 0.331 e. The second-order valence-corrected chi connectivity index (χ2v) is 6.74. The molecular weight excluding hydrogens is 352 g/mol. The van der Waals surface area contributed by atoms with Crippen molar-refractivity contribution in [1.82, 2.24) is 10.3 Å². The van der Waals surface area contributed by atoms with Crippen LogP contribution in [0.2, 0.25) is 5.02 Å². The number of carbonyl (C=O) groups excluding carboxylic acids is 1. The lowest BCUT2D eigenvalue weighted by Gasteiger charge is -2.25. The summed E-state index contributed by atoms with van der Waals surface area (Å²) < 4.78 is 4.87. The lowest BCUT2D eigenvalue weighted by molar-refractivity contribution is -0.149. The van der Waals surface area contributed by atoms with Gasteiger partial charge in [-0.1, -0.05) is 23.7 Å². The number of aromatic nitrogens is 1. The van der Waals surface area contributed by atoms with Crippen LogP contribution in [0.3, 0.4) is 0 Å². The Morgan fingerprint density at radius 1 is 1.46 bits per heavy atom. The molecule has 1 heterocycles. The van der Waals surface area contributed by atoms with E-state index < -0.39 is 17.4 Å². The highest BCUT2D eigenvalue weighted by Crippen LogP contribution is 2.26. The number of nitrogens with zero attached hydrogens (tertiary/aromatic N) is 1. The predicted molar refractivity (Wildman–Crippen MR) is 92.3 cm³/mol. The molecular formula is C16H17ClN2O4S. The minimum atomic E-state index is -1.47. The topological polar surface area (TPSA) is 88.5 Å². The van der Waals surface area contributed by atoms with Crippen LogP contribution >= 0.6 is 22.9 Å². The zero-order chi connectivity index (χ0) is 17.7. The Morgan fingerprint density at radius 2 is 2.21 bits per heavy atom. The maximum absolute atomic E-state index is 12.1. The van der Waals surface area contributed by atoms with Crippen LogP contribution in [-0.2, 0) is 20.7 Å². The molecule has 1 aromatic heterocycles. The molecule has 2 rings (SSSR count). The molecule has 0 spiro atoms. The van der Waals surface area contributed by atoms with Crippen molar-refractivity contribution >= 4 is 34.8 Å². The van der Waals surface area contributed by atoms with E-state index in [2.05, 4.69) is 10.3 Å². The Bertz CT molecular complexity index is 749. The average molecular weight is 369 g/mol. The number of rotatable bonds is 7. The van der Waals surface area contributed by atoms with E-state index in [0.29, 0.717) is 10.7 Å². The highest BCUT2D eigenvalue weighted by molar-refractivity contribution is 7.13. The quantitative estimate of drug-likeness (QED) is 0.784. The summed E-state index contributed by atoms with van der Waals surface area (Å²) in [4.78, 5) is 27.8. The van der Waals surface area contributed by atoms with Gasteiger partial charge in [0.05, 0.1) is 18.7 Å². The number of carbonyl (C=O) groups is 2. The first kappa shape index (κ1) is 18.4. The number of amides is 1. The van der Waals surface area contributed by atoms with Crippen LogP contribution in [0.1, 0.15) is 12.6 Å². The van der Waals surface area contributed by atoms with Gasteiger partial charge in [-0.25, -0.2) is 9.78 Å². The third kappa shape index (κ3) is 4.53. The van der Waals surface area contributed by atoms with Gasteiger partial charge in [-0.05, 0) is 19.1 Å². The van der Waals surface area contributed by atoms with Crippen LogP contribution in [-0.4, -0.2) is 41.2 Å². The molecule has 2 aromatic rings. The normalized spacial score (nSPS) is 13.3. The van der Waals surface area contributed by atoms with Gasteiger partial charge in [0.25, 0.3) is 0 Å². The van der Waals surface area contributed by atoms with Crippen molar-refractivity contribution in [3.05, 3.63) is 40.4 Å². The molecule has 0 aliphatic rings. The molecule has 0 aliphatic carbocycles. The van der Waals surface area contributed by atoms with E-state index in [0.717, 1.165) is 10.6 Å². The summed E-state index contributed by atoms with van der Waals surface area (Å²) in [5, 5.41) is 14.8. The van der Waals surface area contributed by atoms with Crippen molar-refractivity contribution in [3.63, 3.8) is 0 Å². The van der Waals surface area contributed by atoms with Gasteiger partial charge in [0.1, 0.15) is 5.01 Å². The second kappa shape index (κ2) is 7.74. The van der Waals surface area contributed by atoms with Gasteiger partial charge < -0.3 is 15.2 Å². The Hall–Kier alpha value is -1.96. The number of carboxylic acid groups (broad SMARTS) is 1. The largest absolute Gasteiger partial charge is 0.479 e. The molecule has 0 aliphatic heterocycles. The van der Waals surface area contributed by atoms with Crippen LogP contribution in [0.15, 0.2) is 29.6 Å². The third-order valence-electron chi connectivity index (χ3n) is 3.29. The third-order valence-corrected chi connectivity index (χ3v) is 4.46. The zero-order valence-corrected chi connectivity index (χ0v) is 14.8. The second-order valence-electron chi connectivity index (χ2n) is 5.45. The summed E-state index contributed by atoms with van der Waals surface area (Å²) >= 11 is 7.36. The van der Waals surface area contributed by atoms with Gasteiger partial charge in [-0.15, -0.1) is 11.3 Å². The molecule has 1 unspecified atom stereocenters. The maximum atomic E-state index is 12.1. The number of carboxylic acids is 1. The molecule has 6 nitrogen and oxygen atoms in total. The summed E-state index contributed by atoms with van der Waals surface area (Å²) in [5.41, 5.74) is -0.0379. The fourth-order valence-electron chi connectivity index (χ4n) is 2.10. The van der Waals surface area contributed by atoms with E-state index in [-0.39, 0.29) is 13.0 Å². The molecule has 1 amide bonds. The van der Waals surface area contributed by atoms with E-state index in [1.54, 1.807) is 17.5 Å². The minimum Gasteiger partial charge on any atom is -0.479 e. The number of halogens is 1. The number of nitrogens with one attached hydrogen (secondary N) is 1. The first-order chi connectivity index (χ1) is 11.3. The predicted octanol–water partition coefficient (Wildman–Crippen LogP) is 2.61. The van der Waals surface area contributed by atoms with Gasteiger partial charge >= 0.3 is 5.97 Å². The van der Waals surface area contributed by atoms with Gasteiger partial charge in [0, 0.05) is 23.1 Å². The molecule has 0 saturated heterocycles. The van der Waals surface area contributed by atoms with E-state index in [1.807, 2.05) is 12.1 Å². The van der Waals surface area contributed by atoms with Crippen LogP contribution < -0.4 is 5.32 Å². The molecule has 8 heteroatoms. The van der Waals surface area contributed by atoms with Gasteiger partial charge in [0.15, 0.2) is 5.54 Å². The molecule has 0 radical (unpaired) electrons. The van der Waals surface area contributed by atoms with Crippen LogP contribution in [0, 0.1) is 0 Å². The number of methoxy groups -OCH3 is 1. The fourth-order valence-corrected chi connectivity index (χ4v) is 3.11. The molecule has 0 saturated carbocycles. The number of aliphatic carboxylic acids is 1. The summed E-state index contributed by atoms with van der Waals surface area (Å²) in [5.74, 6) is -1.59. The highest BCUT2D eigenvalue weighted by Gasteiger charge is 2.35. The Balaban J connectivity index is 2.06. The van der Waals surface area contributed by atoms with Gasteiger partial charge in [-0.2, -0.15) is 0 Å². The number of hydrogen-bond acceptors (Lipinski definition) is 5. The summed E-state index contributed by atoms with van der Waals surface area (Å²) in [6, 6.07) is 7.28. The Kier molecular flexibility index (Phi) is 5.93. The van der Waals surface area contributed by atoms with Crippen molar-refractivity contribution in [2.75, 3.05) is 13.7 Å². The Labute approximate surface area is 148 Å². The summed E-state index contributed by atoms with van der Waals surface area (Å²) in [6.07, 6.45) is -0.0103. The van der Waals surface area contributed by atoms with E-state index >= 15 is 0 Å². The monoisotopic (exact) mass is 368 g/mol. The molecule has 0 fully saturated rings. The molecule has 24 heavy (non-hydrogen) atoms. The number of benzene rings is 1. The zero-order valence-electron chi connectivity index (χ0n) is 13.2. The van der Waals surface area contributed by atoms with Gasteiger partial charge in [-0.3, -0.25) is 4.79 Å². The molecule has 128 valence electrons. The molecule has 1 aromatic carbocycles. The van der Waals surface area contributed by atoms with Gasteiger partial charge in [0.2, 0.25) is 5.91 Å². The SMILES string of the molecule is COCC(C)(NC(=O)Cc1csc(-c2cccc(Cl)c2)n1)C(=O)O. The Morgan fingerprint density at radius 3 is 2.83 bits per heavy atom. The van der Waals surface area contributed by atoms with Crippen molar-refractivity contribution in [3.8, 4) is 10.6 Å². The summed E-state index contributed by atoms with van der Waals surface area (Å²) in [7, 11) is 1.38. The van der Waals surface area contributed by atoms with E-state index in [4.69, 9.17) is 16.3 Å². The number of ether oxygens (including phenoxy) is 1. The standard InChI is InChI=1S/C16H17ClN2O4S/c1-16(9-23-2,15(21)22)19-13(20)7-12-8-24-14(18-12)10-4-3-5-11(17)6-10/h3-6,8H,7,9H2,1-2H3,(H,19,20)(H,21,22). The fraction of sp³-hybridized carbons (Fsp3) is 0.312. The summed E-state index contributed by atoms with van der Waals surface area (Å²) in [6.45, 7) is 1.27. The first-order valence-electron chi connectivity index (χ1n) is 7.08. The smallest absolute Gasteiger partial charge is 0.331 e. The average Bonchev–Trinajstić information content (AvgIpc) is 2.95. The molecule has 2 N–H and O–H groups in total. The van der Waals surface area contributed by atoms with Crippen molar-refractivity contribution in [2.45, 2.75) is 18.9 Å². The molecule has 1 atom stereocenters. The van der Waals surface area contributed by atoms with Crippen molar-refractivity contribution < 1.29 is 19.4 Å². The van der Waals surface area contributed by atoms with Crippen molar-refractivity contribution in [2.24, 2.45) is 0 Å². The number of hydrogen-bond donors (Lipinski definition) is 2. The van der Waals surface area contributed by atoms with Crippen LogP contribution in [0.4, 0.5) is 0 Å². The first-order valence-corrected chi connectivity index (χ1v) is 8.33. The minimum absolute atomic E-state index is 0.0103. The van der Waals surface area contributed by atoms with E-state index in [9.17, 15) is 14.7 Å². The van der Waals surface area contributed by atoms with Crippen LogP contribution in [0.5, 0.6) is 0 Å². The number of thiazole rings is 1. The highest BCUT2D eigenvalue weighted by atomic mass is 35.5.